The van der Waals surface area contributed by atoms with Crippen molar-refractivity contribution in [3.8, 4) is 0 Å². The molecule has 22 heavy (non-hydrogen) atoms. The van der Waals surface area contributed by atoms with Gasteiger partial charge in [0.05, 0.1) is 5.92 Å². The van der Waals surface area contributed by atoms with Crippen LogP contribution in [0, 0.1) is 0 Å². The molecule has 1 aliphatic rings. The Hall–Kier alpha value is -1.88. The number of aromatic nitrogens is 2. The molecule has 1 amide bonds. The Morgan fingerprint density at radius 2 is 2.18 bits per heavy atom. The molecule has 2 heterocycles. The Morgan fingerprint density at radius 3 is 2.86 bits per heavy atom. The molecule has 2 aromatic rings. The summed E-state index contributed by atoms with van der Waals surface area (Å²) in [6.07, 6.45) is 0.407. The van der Waals surface area contributed by atoms with E-state index in [1.54, 1.807) is 4.90 Å². The lowest BCUT2D eigenvalue weighted by Gasteiger charge is -2.16. The Kier molecular flexibility index (Phi) is 4.16. The Balaban J connectivity index is 1.71. The van der Waals surface area contributed by atoms with Gasteiger partial charge in [0.2, 0.25) is 11.8 Å². The van der Waals surface area contributed by atoms with Crippen LogP contribution in [0.3, 0.4) is 0 Å². The number of hydrogen-bond donors (Lipinski definition) is 0. The van der Waals surface area contributed by atoms with Crippen LogP contribution in [0.2, 0.25) is 5.02 Å². The quantitative estimate of drug-likeness (QED) is 0.867. The Labute approximate surface area is 134 Å². The summed E-state index contributed by atoms with van der Waals surface area (Å²) >= 11 is 6.16. The van der Waals surface area contributed by atoms with Crippen molar-refractivity contribution in [1.29, 1.82) is 0 Å². The monoisotopic (exact) mass is 319 g/mol. The number of carbonyl (C=O) groups is 1. The van der Waals surface area contributed by atoms with Gasteiger partial charge in [0.25, 0.3) is 0 Å². The minimum Gasteiger partial charge on any atom is -0.339 e. The lowest BCUT2D eigenvalue weighted by Crippen LogP contribution is -2.24. The summed E-state index contributed by atoms with van der Waals surface area (Å²) in [7, 11) is 0. The first-order valence-corrected chi connectivity index (χ1v) is 7.77. The third-order valence-corrected chi connectivity index (χ3v) is 4.23. The van der Waals surface area contributed by atoms with E-state index in [-0.39, 0.29) is 17.7 Å². The van der Waals surface area contributed by atoms with Crippen LogP contribution < -0.4 is 0 Å². The molecule has 1 atom stereocenters. The molecule has 1 aromatic heterocycles. The topological polar surface area (TPSA) is 59.2 Å². The van der Waals surface area contributed by atoms with Crippen molar-refractivity contribution in [3.05, 3.63) is 46.6 Å². The van der Waals surface area contributed by atoms with Crippen molar-refractivity contribution in [2.24, 2.45) is 0 Å². The van der Waals surface area contributed by atoms with Gasteiger partial charge in [-0.15, -0.1) is 0 Å². The van der Waals surface area contributed by atoms with Crippen LogP contribution in [0.4, 0.5) is 0 Å². The lowest BCUT2D eigenvalue weighted by atomic mass is 10.1. The molecule has 0 N–H and O–H groups in total. The van der Waals surface area contributed by atoms with Crippen molar-refractivity contribution in [2.75, 3.05) is 6.54 Å². The van der Waals surface area contributed by atoms with Gasteiger partial charge in [0.15, 0.2) is 5.82 Å². The van der Waals surface area contributed by atoms with E-state index in [9.17, 15) is 4.79 Å². The zero-order chi connectivity index (χ0) is 15.7. The van der Waals surface area contributed by atoms with Gasteiger partial charge >= 0.3 is 0 Å². The number of likely N-dealkylation sites (tertiary alicyclic amines) is 1. The molecule has 1 aromatic carbocycles. The summed E-state index contributed by atoms with van der Waals surface area (Å²) in [6.45, 7) is 5.13. The van der Waals surface area contributed by atoms with Crippen LogP contribution >= 0.6 is 11.6 Å². The van der Waals surface area contributed by atoms with E-state index in [1.165, 1.54) is 0 Å². The van der Waals surface area contributed by atoms with Crippen molar-refractivity contribution in [2.45, 2.75) is 38.6 Å². The second kappa shape index (κ2) is 6.08. The molecule has 1 fully saturated rings. The molecule has 0 radical (unpaired) electrons. The first kappa shape index (κ1) is 15.0. The van der Waals surface area contributed by atoms with Crippen molar-refractivity contribution >= 4 is 17.5 Å². The van der Waals surface area contributed by atoms with E-state index >= 15 is 0 Å². The van der Waals surface area contributed by atoms with Crippen LogP contribution in [0.1, 0.15) is 49.4 Å². The van der Waals surface area contributed by atoms with Gasteiger partial charge in [-0.3, -0.25) is 4.79 Å². The highest BCUT2D eigenvalue weighted by Crippen LogP contribution is 2.30. The summed E-state index contributed by atoms with van der Waals surface area (Å²) in [5.74, 6) is 1.52. The van der Waals surface area contributed by atoms with E-state index in [1.807, 2.05) is 38.1 Å². The molecular weight excluding hydrogens is 302 g/mol. The molecule has 0 aliphatic carbocycles. The third-order valence-electron chi connectivity index (χ3n) is 3.86. The van der Waals surface area contributed by atoms with Crippen LogP contribution in [0.5, 0.6) is 0 Å². The van der Waals surface area contributed by atoms with Crippen LogP contribution in [0.15, 0.2) is 28.8 Å². The van der Waals surface area contributed by atoms with Crippen LogP contribution in [0.25, 0.3) is 0 Å². The van der Waals surface area contributed by atoms with Gasteiger partial charge in [-0.25, -0.2) is 0 Å². The van der Waals surface area contributed by atoms with Crippen molar-refractivity contribution in [1.82, 2.24) is 15.0 Å². The van der Waals surface area contributed by atoms with Crippen molar-refractivity contribution < 1.29 is 9.32 Å². The van der Waals surface area contributed by atoms with Gasteiger partial charge in [-0.05, 0) is 11.6 Å². The van der Waals surface area contributed by atoms with E-state index in [0.717, 1.165) is 5.56 Å². The predicted octanol–water partition coefficient (Wildman–Crippen LogP) is 3.36. The molecule has 5 nitrogen and oxygen atoms in total. The van der Waals surface area contributed by atoms with Gasteiger partial charge in [0.1, 0.15) is 0 Å². The summed E-state index contributed by atoms with van der Waals surface area (Å²) in [6, 6.07) is 7.58. The number of carbonyl (C=O) groups excluding carboxylic acids is 1. The first-order valence-electron chi connectivity index (χ1n) is 7.39. The standard InChI is InChI=1S/C16H18ClN3O2/c1-10(2)15-18-16(22-19-15)12-7-14(21)20(9-12)8-11-5-3-4-6-13(11)17/h3-6,10,12H,7-9H2,1-2H3. The van der Waals surface area contributed by atoms with E-state index in [0.29, 0.717) is 36.2 Å². The SMILES string of the molecule is CC(C)c1noc(C2CC(=O)N(Cc3ccccc3Cl)C2)n1. The summed E-state index contributed by atoms with van der Waals surface area (Å²) in [5, 5.41) is 4.65. The highest BCUT2D eigenvalue weighted by atomic mass is 35.5. The minimum atomic E-state index is -0.0324. The average Bonchev–Trinajstić information content (AvgIpc) is 3.09. The fourth-order valence-electron chi connectivity index (χ4n) is 2.57. The molecule has 3 rings (SSSR count). The average molecular weight is 320 g/mol. The Morgan fingerprint density at radius 1 is 1.41 bits per heavy atom. The molecule has 1 unspecified atom stereocenters. The van der Waals surface area contributed by atoms with Gasteiger partial charge < -0.3 is 9.42 Å². The van der Waals surface area contributed by atoms with Crippen LogP contribution in [-0.4, -0.2) is 27.5 Å². The third kappa shape index (κ3) is 2.99. The largest absolute Gasteiger partial charge is 0.339 e. The maximum absolute atomic E-state index is 12.2. The Bertz CT molecular complexity index is 684. The molecule has 1 aliphatic heterocycles. The molecule has 0 spiro atoms. The van der Waals surface area contributed by atoms with Gasteiger partial charge in [-0.1, -0.05) is 48.8 Å². The smallest absolute Gasteiger partial charge is 0.232 e. The number of benzene rings is 1. The maximum atomic E-state index is 12.2. The van der Waals surface area contributed by atoms with E-state index in [2.05, 4.69) is 10.1 Å². The highest BCUT2D eigenvalue weighted by Gasteiger charge is 2.34. The van der Waals surface area contributed by atoms with E-state index < -0.39 is 0 Å². The van der Waals surface area contributed by atoms with Gasteiger partial charge in [-0.2, -0.15) is 4.98 Å². The fourth-order valence-corrected chi connectivity index (χ4v) is 2.77. The normalized spacial score (nSPS) is 18.5. The molecule has 1 saturated heterocycles. The summed E-state index contributed by atoms with van der Waals surface area (Å²) in [4.78, 5) is 18.4. The summed E-state index contributed by atoms with van der Waals surface area (Å²) < 4.78 is 5.31. The molecule has 6 heteroatoms. The van der Waals surface area contributed by atoms with E-state index in [4.69, 9.17) is 16.1 Å². The lowest BCUT2D eigenvalue weighted by molar-refractivity contribution is -0.128. The molecule has 0 bridgehead atoms. The van der Waals surface area contributed by atoms with Gasteiger partial charge in [0, 0.05) is 30.5 Å². The minimum absolute atomic E-state index is 0.0324. The zero-order valence-electron chi connectivity index (χ0n) is 12.6. The number of nitrogens with zero attached hydrogens (tertiary/aromatic N) is 3. The van der Waals surface area contributed by atoms with Crippen molar-refractivity contribution in [3.63, 3.8) is 0 Å². The molecular formula is C16H18ClN3O2. The fraction of sp³-hybridized carbons (Fsp3) is 0.438. The first-order chi connectivity index (χ1) is 10.5. The second-order valence-electron chi connectivity index (χ2n) is 5.91. The highest BCUT2D eigenvalue weighted by molar-refractivity contribution is 6.31. The maximum Gasteiger partial charge on any atom is 0.232 e. The zero-order valence-corrected chi connectivity index (χ0v) is 13.4. The number of rotatable bonds is 4. The van der Waals surface area contributed by atoms with Crippen LogP contribution in [-0.2, 0) is 11.3 Å². The molecule has 116 valence electrons. The second-order valence-corrected chi connectivity index (χ2v) is 6.32. The number of halogens is 1. The number of hydrogen-bond acceptors (Lipinski definition) is 4. The molecule has 0 saturated carbocycles. The predicted molar refractivity (Wildman–Crippen MR) is 82.6 cm³/mol. The number of amides is 1. The summed E-state index contributed by atoms with van der Waals surface area (Å²) in [5.41, 5.74) is 0.951.